The second-order valence-electron chi connectivity index (χ2n) is 6.65. The Kier molecular flexibility index (Phi) is 5.06. The topological polar surface area (TPSA) is 44.8 Å². The first-order chi connectivity index (χ1) is 11.1. The van der Waals surface area contributed by atoms with Crippen molar-refractivity contribution >= 4 is 6.03 Å². The van der Waals surface area contributed by atoms with Crippen molar-refractivity contribution in [1.29, 1.82) is 0 Å². The average Bonchev–Trinajstić information content (AvgIpc) is 2.81. The van der Waals surface area contributed by atoms with E-state index in [9.17, 15) is 4.79 Å². The molecule has 1 aromatic carbocycles. The van der Waals surface area contributed by atoms with E-state index in [0.29, 0.717) is 12.6 Å². The lowest BCUT2D eigenvalue weighted by molar-refractivity contribution is 0.184. The summed E-state index contributed by atoms with van der Waals surface area (Å²) in [6.45, 7) is 8.75. The van der Waals surface area contributed by atoms with Crippen molar-refractivity contribution < 1.29 is 9.53 Å². The molecule has 1 N–H and O–H groups in total. The Labute approximate surface area is 138 Å². The van der Waals surface area contributed by atoms with Gasteiger partial charge in [-0.05, 0) is 26.3 Å². The zero-order valence-electron chi connectivity index (χ0n) is 14.1. The number of hydrogen-bond donors (Lipinski definition) is 1. The number of benzene rings is 1. The first kappa shape index (κ1) is 16.1. The van der Waals surface area contributed by atoms with Gasteiger partial charge in [-0.2, -0.15) is 0 Å². The minimum atomic E-state index is 0.0527. The minimum absolute atomic E-state index is 0.0527. The fourth-order valence-corrected chi connectivity index (χ4v) is 3.39. The van der Waals surface area contributed by atoms with Gasteiger partial charge in [0.15, 0.2) is 0 Å². The summed E-state index contributed by atoms with van der Waals surface area (Å²) in [6.07, 6.45) is 1.87. The molecule has 0 radical (unpaired) electrons. The Balaban J connectivity index is 1.62. The fourth-order valence-electron chi connectivity index (χ4n) is 3.39. The molecular weight excluding hydrogens is 290 g/mol. The summed E-state index contributed by atoms with van der Waals surface area (Å²) in [5.74, 6) is 0.894. The van der Waals surface area contributed by atoms with E-state index in [1.807, 2.05) is 29.2 Å². The summed E-state index contributed by atoms with van der Waals surface area (Å²) < 4.78 is 5.67. The van der Waals surface area contributed by atoms with Gasteiger partial charge in [-0.25, -0.2) is 4.79 Å². The van der Waals surface area contributed by atoms with E-state index in [2.05, 4.69) is 24.1 Å². The van der Waals surface area contributed by atoms with E-state index >= 15 is 0 Å². The highest BCUT2D eigenvalue weighted by molar-refractivity contribution is 5.75. The van der Waals surface area contributed by atoms with Gasteiger partial charge in [-0.15, -0.1) is 0 Å². The highest BCUT2D eigenvalue weighted by Gasteiger charge is 2.26. The molecular formula is C18H27N3O2. The van der Waals surface area contributed by atoms with Gasteiger partial charge < -0.3 is 15.0 Å². The smallest absolute Gasteiger partial charge is 0.317 e. The second kappa shape index (κ2) is 7.21. The summed E-state index contributed by atoms with van der Waals surface area (Å²) in [5, 5.41) is 3.21. The Morgan fingerprint density at radius 1 is 1.22 bits per heavy atom. The van der Waals surface area contributed by atoms with Crippen molar-refractivity contribution in [3.05, 3.63) is 29.8 Å². The van der Waals surface area contributed by atoms with Crippen LogP contribution in [0.5, 0.6) is 5.75 Å². The van der Waals surface area contributed by atoms with Gasteiger partial charge in [0, 0.05) is 44.2 Å². The van der Waals surface area contributed by atoms with E-state index in [1.165, 1.54) is 0 Å². The molecule has 0 bridgehead atoms. The maximum absolute atomic E-state index is 12.7. The van der Waals surface area contributed by atoms with Crippen molar-refractivity contribution in [3.63, 3.8) is 0 Å². The summed E-state index contributed by atoms with van der Waals surface area (Å²) in [5.41, 5.74) is 1.09. The molecule has 1 unspecified atom stereocenters. The highest BCUT2D eigenvalue weighted by Crippen LogP contribution is 2.31. The first-order valence-electron chi connectivity index (χ1n) is 8.66. The van der Waals surface area contributed by atoms with Crippen molar-refractivity contribution in [3.8, 4) is 5.75 Å². The molecule has 1 atom stereocenters. The summed E-state index contributed by atoms with van der Waals surface area (Å²) in [6, 6.07) is 8.63. The van der Waals surface area contributed by atoms with Crippen molar-refractivity contribution in [2.45, 2.75) is 38.8 Å². The Hall–Kier alpha value is -1.75. The molecule has 3 rings (SSSR count). The Morgan fingerprint density at radius 2 is 2.04 bits per heavy atom. The van der Waals surface area contributed by atoms with Crippen LogP contribution in [0.1, 0.15) is 38.3 Å². The van der Waals surface area contributed by atoms with Crippen molar-refractivity contribution in [1.82, 2.24) is 15.1 Å². The van der Waals surface area contributed by atoms with Gasteiger partial charge in [-0.1, -0.05) is 18.2 Å². The molecule has 2 heterocycles. The number of carbonyl (C=O) groups excluding carboxylic acids is 1. The lowest BCUT2D eigenvalue weighted by Gasteiger charge is -2.30. The minimum Gasteiger partial charge on any atom is -0.493 e. The molecule has 5 nitrogen and oxygen atoms in total. The number of fused-ring (bicyclic) bond motifs is 1. The number of hydrogen-bond acceptors (Lipinski definition) is 3. The molecule has 0 saturated carbocycles. The van der Waals surface area contributed by atoms with Gasteiger partial charge in [0.2, 0.25) is 0 Å². The summed E-state index contributed by atoms with van der Waals surface area (Å²) >= 11 is 0. The van der Waals surface area contributed by atoms with Crippen LogP contribution >= 0.6 is 0 Å². The van der Waals surface area contributed by atoms with E-state index in [0.717, 1.165) is 50.3 Å². The van der Waals surface area contributed by atoms with Crippen LogP contribution in [0, 0.1) is 0 Å². The van der Waals surface area contributed by atoms with Gasteiger partial charge in [-0.3, -0.25) is 4.90 Å². The maximum Gasteiger partial charge on any atom is 0.317 e. The van der Waals surface area contributed by atoms with Gasteiger partial charge in [0.1, 0.15) is 5.75 Å². The molecule has 1 saturated heterocycles. The molecule has 0 aromatic heterocycles. The third-order valence-electron chi connectivity index (χ3n) is 4.80. The number of rotatable bonds is 2. The van der Waals surface area contributed by atoms with Crippen molar-refractivity contribution in [2.24, 2.45) is 0 Å². The number of para-hydroxylation sites is 1. The zero-order chi connectivity index (χ0) is 16.2. The van der Waals surface area contributed by atoms with Gasteiger partial charge >= 0.3 is 6.03 Å². The van der Waals surface area contributed by atoms with E-state index in [4.69, 9.17) is 4.74 Å². The fraction of sp³-hybridized carbons (Fsp3) is 0.611. The number of urea groups is 1. The normalized spacial score (nSPS) is 22.2. The first-order valence-corrected chi connectivity index (χ1v) is 8.66. The molecule has 2 aliphatic rings. The lowest BCUT2D eigenvalue weighted by atomic mass is 10.0. The Bertz CT molecular complexity index is 547. The molecule has 5 heteroatoms. The third-order valence-corrected chi connectivity index (χ3v) is 4.80. The summed E-state index contributed by atoms with van der Waals surface area (Å²) in [4.78, 5) is 17.1. The number of carbonyl (C=O) groups is 1. The molecule has 2 amide bonds. The molecule has 0 aliphatic carbocycles. The van der Waals surface area contributed by atoms with E-state index in [-0.39, 0.29) is 12.1 Å². The highest BCUT2D eigenvalue weighted by atomic mass is 16.5. The van der Waals surface area contributed by atoms with Crippen LogP contribution in [0.15, 0.2) is 24.3 Å². The standard InChI is InChI=1S/C18H27N3O2/c1-14(2)20-9-5-10-21(12-11-20)18(22)19-16-8-13-23-17-7-4-3-6-15(16)17/h3-4,6-7,14,16H,5,8-13H2,1-2H3,(H,19,22). The van der Waals surface area contributed by atoms with Crippen LogP contribution in [-0.4, -0.2) is 54.7 Å². The largest absolute Gasteiger partial charge is 0.493 e. The monoisotopic (exact) mass is 317 g/mol. The molecule has 1 aromatic rings. The van der Waals surface area contributed by atoms with Crippen LogP contribution in [0.25, 0.3) is 0 Å². The quantitative estimate of drug-likeness (QED) is 0.912. The maximum atomic E-state index is 12.7. The third kappa shape index (κ3) is 3.78. The van der Waals surface area contributed by atoms with Gasteiger partial charge in [0.05, 0.1) is 12.6 Å². The molecule has 1 fully saturated rings. The summed E-state index contributed by atoms with van der Waals surface area (Å²) in [7, 11) is 0. The molecule has 0 spiro atoms. The molecule has 23 heavy (non-hydrogen) atoms. The molecule has 2 aliphatic heterocycles. The van der Waals surface area contributed by atoms with Crippen LogP contribution in [0.2, 0.25) is 0 Å². The van der Waals surface area contributed by atoms with Crippen molar-refractivity contribution in [2.75, 3.05) is 32.8 Å². The predicted octanol–water partition coefficient (Wildman–Crippen LogP) is 2.64. The van der Waals surface area contributed by atoms with E-state index < -0.39 is 0 Å². The number of nitrogens with zero attached hydrogens (tertiary/aromatic N) is 2. The van der Waals surface area contributed by atoms with Gasteiger partial charge in [0.25, 0.3) is 0 Å². The number of ether oxygens (including phenoxy) is 1. The second-order valence-corrected chi connectivity index (χ2v) is 6.65. The average molecular weight is 317 g/mol. The van der Waals surface area contributed by atoms with Crippen LogP contribution < -0.4 is 10.1 Å². The molecule has 126 valence electrons. The lowest BCUT2D eigenvalue weighted by Crippen LogP contribution is -2.44. The Morgan fingerprint density at radius 3 is 2.87 bits per heavy atom. The number of nitrogens with one attached hydrogen (secondary N) is 1. The zero-order valence-corrected chi connectivity index (χ0v) is 14.1. The van der Waals surface area contributed by atoms with Crippen LogP contribution in [-0.2, 0) is 0 Å². The van der Waals surface area contributed by atoms with E-state index in [1.54, 1.807) is 0 Å². The number of amides is 2. The van der Waals surface area contributed by atoms with Crippen LogP contribution in [0.4, 0.5) is 4.79 Å². The predicted molar refractivity (Wildman–Crippen MR) is 90.7 cm³/mol. The SMILES string of the molecule is CC(C)N1CCCN(C(=O)NC2CCOc3ccccc32)CC1. The van der Waals surface area contributed by atoms with Crippen LogP contribution in [0.3, 0.4) is 0 Å².